The Balaban J connectivity index is 0.000000159. The molecule has 0 amide bonds. The minimum absolute atomic E-state index is 0.355. The number of hydrogen-bond donors (Lipinski definition) is 1. The van der Waals surface area contributed by atoms with Crippen LogP contribution in [0.5, 0.6) is 0 Å². The minimum atomic E-state index is -0.951. The summed E-state index contributed by atoms with van der Waals surface area (Å²) in [6.07, 6.45) is 0. The van der Waals surface area contributed by atoms with E-state index >= 15 is 0 Å². The molecule has 391 valence electrons. The molecule has 1 N–H and O–H groups in total. The zero-order valence-corrected chi connectivity index (χ0v) is 48.4. The Morgan fingerprint density at radius 2 is 0.816 bits per heavy atom. The SMILES string of the molecule is CC(C)(O)C(C)(C)O[B]B1OC(C)(C)C(C)(C)O1.Cc1ccccc1N(c1ccc(B2OC(C)(C)C(C)(C)O2)cc1)c1cccc2ccccc12.Cc1ccccc1N(c1ccc(Br)cc1)c1cccc2ccccc12. The van der Waals surface area contributed by atoms with Gasteiger partial charge in [0.2, 0.25) is 0 Å². The fourth-order valence-electron chi connectivity index (χ4n) is 8.91. The Labute approximate surface area is 462 Å². The van der Waals surface area contributed by atoms with Crippen LogP contribution in [0, 0.1) is 13.8 Å². The Morgan fingerprint density at radius 1 is 0.461 bits per heavy atom. The third-order valence-corrected chi connectivity index (χ3v) is 16.2. The summed E-state index contributed by atoms with van der Waals surface area (Å²) in [4.78, 5) is 4.68. The van der Waals surface area contributed by atoms with Crippen LogP contribution in [-0.2, 0) is 23.3 Å². The van der Waals surface area contributed by atoms with Crippen LogP contribution < -0.4 is 15.3 Å². The highest BCUT2D eigenvalue weighted by Gasteiger charge is 2.53. The summed E-state index contributed by atoms with van der Waals surface area (Å²) >= 11 is 3.54. The van der Waals surface area contributed by atoms with Gasteiger partial charge in [-0.2, -0.15) is 0 Å². The lowest BCUT2D eigenvalue weighted by molar-refractivity contribution is -0.0894. The molecule has 2 fully saturated rings. The number of hydrogen-bond acceptors (Lipinski definition) is 8. The lowest BCUT2D eigenvalue weighted by atomic mass is 9.55. The maximum absolute atomic E-state index is 10.00. The zero-order chi connectivity index (χ0) is 54.8. The topological polar surface area (TPSA) is 72.9 Å². The van der Waals surface area contributed by atoms with E-state index in [1.807, 2.05) is 41.5 Å². The summed E-state index contributed by atoms with van der Waals surface area (Å²) < 4.78 is 30.8. The molecule has 2 saturated heterocycles. The van der Waals surface area contributed by atoms with Crippen LogP contribution in [0.4, 0.5) is 34.1 Å². The van der Waals surface area contributed by atoms with Gasteiger partial charge >= 0.3 is 21.5 Å². The maximum Gasteiger partial charge on any atom is 0.494 e. The maximum atomic E-state index is 10.00. The number of rotatable bonds is 11. The quantitative estimate of drug-likeness (QED) is 0.128. The molecule has 10 rings (SSSR count). The van der Waals surface area contributed by atoms with Crippen LogP contribution in [-0.4, -0.2) is 60.2 Å². The largest absolute Gasteiger partial charge is 0.494 e. The normalized spacial score (nSPS) is 16.4. The molecule has 0 aliphatic carbocycles. The number of para-hydroxylation sites is 2. The molecule has 0 bridgehead atoms. The monoisotopic (exact) mass is 1080 g/mol. The van der Waals surface area contributed by atoms with E-state index in [0.29, 0.717) is 0 Å². The summed E-state index contributed by atoms with van der Waals surface area (Å²) in [5.41, 5.74) is 7.32. The lowest BCUT2D eigenvalue weighted by Gasteiger charge is -2.37. The Kier molecular flexibility index (Phi) is 16.6. The average molecular weight is 1080 g/mol. The first-order chi connectivity index (χ1) is 35.8. The van der Waals surface area contributed by atoms with Gasteiger partial charge in [0.25, 0.3) is 0 Å². The molecule has 0 aromatic heterocycles. The van der Waals surface area contributed by atoms with Crippen LogP contribution in [0.1, 0.15) is 94.2 Å². The van der Waals surface area contributed by atoms with E-state index in [9.17, 15) is 5.11 Å². The molecule has 1 radical (unpaired) electrons. The first-order valence-corrected chi connectivity index (χ1v) is 27.1. The van der Waals surface area contributed by atoms with Crippen molar-refractivity contribution in [2.24, 2.45) is 0 Å². The Hall–Kier alpha value is -5.69. The fourth-order valence-corrected chi connectivity index (χ4v) is 9.18. The summed E-state index contributed by atoms with van der Waals surface area (Å²) in [5, 5.41) is 14.9. The van der Waals surface area contributed by atoms with Gasteiger partial charge in [-0.1, -0.05) is 137 Å². The van der Waals surface area contributed by atoms with Crippen LogP contribution in [0.25, 0.3) is 21.5 Å². The van der Waals surface area contributed by atoms with Gasteiger partial charge in [-0.05, 0) is 185 Å². The third-order valence-electron chi connectivity index (χ3n) is 15.7. The summed E-state index contributed by atoms with van der Waals surface area (Å²) in [6.45, 7) is 27.7. The van der Waals surface area contributed by atoms with Crippen LogP contribution in [0.15, 0.2) is 186 Å². The van der Waals surface area contributed by atoms with Gasteiger partial charge in [-0.3, -0.25) is 0 Å². The third kappa shape index (κ3) is 12.2. The van der Waals surface area contributed by atoms with Gasteiger partial charge < -0.3 is 38.2 Å². The first kappa shape index (κ1) is 56.5. The average Bonchev–Trinajstić information content (AvgIpc) is 3.75. The van der Waals surface area contributed by atoms with E-state index in [1.54, 1.807) is 13.8 Å². The zero-order valence-electron chi connectivity index (χ0n) is 46.8. The highest BCUT2D eigenvalue weighted by Crippen LogP contribution is 2.43. The Bertz CT molecular complexity index is 3220. The molecule has 2 aliphatic rings. The van der Waals surface area contributed by atoms with Crippen molar-refractivity contribution in [3.05, 3.63) is 198 Å². The molecule has 0 atom stereocenters. The van der Waals surface area contributed by atoms with E-state index in [4.69, 9.17) is 23.3 Å². The first-order valence-electron chi connectivity index (χ1n) is 26.3. The highest BCUT2D eigenvalue weighted by molar-refractivity contribution is 9.10. The second kappa shape index (κ2) is 22.3. The Morgan fingerprint density at radius 3 is 1.24 bits per heavy atom. The van der Waals surface area contributed by atoms with Gasteiger partial charge in [-0.15, -0.1) is 0 Å². The molecule has 8 aromatic carbocycles. The van der Waals surface area contributed by atoms with Crippen molar-refractivity contribution < 1.29 is 28.4 Å². The molecule has 8 nitrogen and oxygen atoms in total. The van der Waals surface area contributed by atoms with Gasteiger partial charge in [-0.25, -0.2) is 0 Å². The van der Waals surface area contributed by atoms with Crippen molar-refractivity contribution in [1.82, 2.24) is 0 Å². The summed E-state index contributed by atoms with van der Waals surface area (Å²) in [5.74, 6) is 0. The van der Waals surface area contributed by atoms with Crippen molar-refractivity contribution >= 4 is 98.6 Å². The second-order valence-electron chi connectivity index (χ2n) is 22.8. The molecule has 0 spiro atoms. The molecule has 2 heterocycles. The highest BCUT2D eigenvalue weighted by atomic mass is 79.9. The molecule has 8 aromatic rings. The van der Waals surface area contributed by atoms with Crippen LogP contribution in [0.2, 0.25) is 0 Å². The molecule has 12 heteroatoms. The van der Waals surface area contributed by atoms with Crippen molar-refractivity contribution in [2.75, 3.05) is 9.80 Å². The standard InChI is InChI=1S/C29H30BNO2.C23H18BrN.C12H25B2O4/c1-21-11-6-9-15-26(21)31(27-16-10-13-22-12-7-8-14-25(22)27)24-19-17-23(18-20-24)30-32-28(2,3)29(4,5)33-30;1-17-7-2-5-11-22(17)25(20-15-13-19(24)14-16-20)23-12-6-9-18-8-3-4-10-21(18)23;1-9(2,15)10(3,4)16-13-14-17-11(5,6)12(7,8)18-14/h6-20H,1-5H3;2-16H,1H3;15H,1-8H3. The van der Waals surface area contributed by atoms with E-state index in [2.05, 4.69) is 249 Å². The van der Waals surface area contributed by atoms with Crippen molar-refractivity contribution in [2.45, 2.75) is 131 Å². The van der Waals surface area contributed by atoms with E-state index < -0.39 is 18.2 Å². The number of fused-ring (bicyclic) bond motifs is 2. The summed E-state index contributed by atoms with van der Waals surface area (Å²) in [6, 6.07) is 64.1. The minimum Gasteiger partial charge on any atom is -0.435 e. The number of halogens is 1. The van der Waals surface area contributed by atoms with Gasteiger partial charge in [0.15, 0.2) is 0 Å². The number of aryl methyl sites for hydroxylation is 2. The van der Waals surface area contributed by atoms with Crippen LogP contribution in [0.3, 0.4) is 0 Å². The van der Waals surface area contributed by atoms with Crippen molar-refractivity contribution in [1.29, 1.82) is 0 Å². The van der Waals surface area contributed by atoms with Gasteiger partial charge in [0, 0.05) is 38.0 Å². The fraction of sp³-hybridized carbons (Fsp3) is 0.312. The smallest absolute Gasteiger partial charge is 0.435 e. The number of benzene rings is 8. The van der Waals surface area contributed by atoms with E-state index in [0.717, 1.165) is 32.7 Å². The van der Waals surface area contributed by atoms with Crippen LogP contribution >= 0.6 is 15.9 Å². The predicted octanol–water partition coefficient (Wildman–Crippen LogP) is 16.1. The molecular weight excluding hydrogens is 1010 g/mol. The number of nitrogens with zero attached hydrogens (tertiary/aromatic N) is 2. The van der Waals surface area contributed by atoms with Crippen molar-refractivity contribution in [3.63, 3.8) is 0 Å². The van der Waals surface area contributed by atoms with Gasteiger partial charge in [0.1, 0.15) is 0 Å². The van der Waals surface area contributed by atoms with E-state index in [-0.39, 0.29) is 29.5 Å². The molecule has 0 saturated carbocycles. The van der Waals surface area contributed by atoms with Gasteiger partial charge in [0.05, 0.1) is 45.0 Å². The molecule has 76 heavy (non-hydrogen) atoms. The second-order valence-corrected chi connectivity index (χ2v) is 23.8. The number of anilines is 6. The molecule has 0 unspecified atom stereocenters. The predicted molar refractivity (Wildman–Crippen MR) is 323 cm³/mol. The number of aliphatic hydroxyl groups is 1. The molecule has 2 aliphatic heterocycles. The van der Waals surface area contributed by atoms with E-state index in [1.165, 1.54) is 51.4 Å². The summed E-state index contributed by atoms with van der Waals surface area (Å²) in [7, 11) is 0.638. The van der Waals surface area contributed by atoms with Crippen molar-refractivity contribution in [3.8, 4) is 0 Å². The molecular formula is C64H73B3BrN2O6. The lowest BCUT2D eigenvalue weighted by Crippen LogP contribution is -2.50.